The van der Waals surface area contributed by atoms with E-state index in [9.17, 15) is 71.8 Å². The van der Waals surface area contributed by atoms with E-state index in [1.807, 2.05) is 0 Å². The first kappa shape index (κ1) is 28.2. The van der Waals surface area contributed by atoms with E-state index in [1.54, 1.807) is 0 Å². The lowest BCUT2D eigenvalue weighted by Crippen LogP contribution is -2.58. The molecule has 168 valence electrons. The first-order valence-corrected chi connectivity index (χ1v) is 14.2. The first-order chi connectivity index (χ1) is 12.0. The van der Waals surface area contributed by atoms with E-state index in [-0.39, 0.29) is 0 Å². The fraction of sp³-hybridized carbons (Fsp3) is 0.600. The Morgan fingerprint density at radius 1 is 0.857 bits per heavy atom. The number of nitrogens with zero attached hydrogens (tertiary/aromatic N) is 1. The van der Waals surface area contributed by atoms with E-state index in [0.717, 1.165) is 0 Å². The molecule has 1 atom stereocenters. The summed E-state index contributed by atoms with van der Waals surface area (Å²) < 4.78 is 57.2. The summed E-state index contributed by atoms with van der Waals surface area (Å²) in [5, 5.41) is -3.77. The Labute approximate surface area is 156 Å². The normalized spacial score (nSPS) is 16.1. The molecule has 0 aliphatic heterocycles. The second kappa shape index (κ2) is 8.39. The van der Waals surface area contributed by atoms with E-state index < -0.39 is 65.8 Å². The van der Waals surface area contributed by atoms with Crippen molar-refractivity contribution < 1.29 is 71.8 Å². The molecule has 1 unspecified atom stereocenters. The fourth-order valence-electron chi connectivity index (χ4n) is 2.02. The third-order valence-corrected chi connectivity index (χ3v) is 12.4. The van der Waals surface area contributed by atoms with Gasteiger partial charge in [-0.1, -0.05) is 11.0 Å². The predicted molar refractivity (Wildman–Crippen MR) is 89.9 cm³/mol. The quantitative estimate of drug-likeness (QED) is 0.129. The Balaban J connectivity index is 7.82. The molecule has 23 heteroatoms. The van der Waals surface area contributed by atoms with E-state index in [2.05, 4.69) is 6.58 Å². The Hall–Kier alpha value is 0.210. The van der Waals surface area contributed by atoms with Gasteiger partial charge in [0.25, 0.3) is 5.02 Å². The molecule has 0 radical (unpaired) electrons. The lowest BCUT2D eigenvalue weighted by Gasteiger charge is -2.46. The summed E-state index contributed by atoms with van der Waals surface area (Å²) in [5.41, 5.74) is 4.27. The van der Waals surface area contributed by atoms with Crippen LogP contribution in [0.4, 0.5) is 0 Å². The van der Waals surface area contributed by atoms with E-state index in [4.69, 9.17) is 5.73 Å². The molecule has 0 heterocycles. The molecule has 28 heavy (non-hydrogen) atoms. The highest BCUT2D eigenvalue weighted by atomic mass is 31.3. The van der Waals surface area contributed by atoms with Gasteiger partial charge in [-0.05, 0) is 0 Å². The highest BCUT2D eigenvalue weighted by Crippen LogP contribution is 2.83. The Bertz CT molecular complexity index is 796. The fourth-order valence-corrected chi connectivity index (χ4v) is 12.5. The largest absolute Gasteiger partial charge is 0.414 e. The molecule has 0 spiro atoms. The van der Waals surface area contributed by atoms with Gasteiger partial charge in [0.1, 0.15) is 0 Å². The number of nitrogens with one attached hydrogen (secondary N) is 1. The van der Waals surface area contributed by atoms with Gasteiger partial charge >= 0.3 is 38.3 Å². The van der Waals surface area contributed by atoms with Crippen LogP contribution in [0.3, 0.4) is 0 Å². The number of nitrogens with two attached hydrogens (primary N) is 1. The van der Waals surface area contributed by atoms with Gasteiger partial charge in [-0.2, -0.15) is 0 Å². The summed E-state index contributed by atoms with van der Waals surface area (Å²) >= 11 is 0. The van der Waals surface area contributed by atoms with Crippen LogP contribution < -0.4 is 11.1 Å². The monoisotopic (exact) mass is 515 g/mol. The van der Waals surface area contributed by atoms with Crippen molar-refractivity contribution in [2.75, 3.05) is 6.54 Å². The van der Waals surface area contributed by atoms with Crippen LogP contribution in [-0.4, -0.2) is 70.7 Å². The van der Waals surface area contributed by atoms with E-state index in [1.165, 1.54) is 5.32 Å². The molecule has 0 aliphatic carbocycles. The maximum absolute atomic E-state index is 12.0. The Kier molecular flexibility index (Phi) is 8.45. The minimum absolute atomic E-state index is 0.782. The molecule has 0 saturated heterocycles. The molecule has 0 amide bonds. The predicted octanol–water partition coefficient (Wildman–Crippen LogP) is -2.95. The molecule has 13 N–H and O–H groups in total. The summed E-state index contributed by atoms with van der Waals surface area (Å²) in [7, 11) is -33.7. The van der Waals surface area contributed by atoms with E-state index >= 15 is 0 Å². The molecule has 0 aromatic rings. The van der Waals surface area contributed by atoms with Crippen molar-refractivity contribution in [1.29, 1.82) is 0 Å². The maximum Gasteiger partial charge on any atom is 0.414 e. The van der Waals surface area contributed by atoms with Gasteiger partial charge in [-0.15, -0.1) is 0 Å². The van der Waals surface area contributed by atoms with Crippen LogP contribution in [0.1, 0.15) is 0 Å². The molecule has 0 saturated carbocycles. The Morgan fingerprint density at radius 3 is 1.36 bits per heavy atom. The molecular weight excluding hydrogens is 497 g/mol. The summed E-state index contributed by atoms with van der Waals surface area (Å²) in [6.07, 6.45) is 0. The first-order valence-electron chi connectivity index (χ1n) is 6.18. The average Bonchev–Trinajstić information content (AvgIpc) is 2.34. The number of rotatable bonds is 10. The SMILES string of the molecule is C=C(CN)NC(C(N(P(=O)(O)O)P(=O)(O)O)(P(=O)(O)O)P(=O)(O)O)P(=O)(O)O. The molecule has 0 fully saturated rings. The molecule has 0 bridgehead atoms. The smallest absolute Gasteiger partial charge is 0.372 e. The van der Waals surface area contributed by atoms with Crippen LogP contribution in [0, 0.1) is 0 Å². The van der Waals surface area contributed by atoms with Crippen molar-refractivity contribution >= 4 is 38.3 Å². The van der Waals surface area contributed by atoms with Crippen molar-refractivity contribution in [2.24, 2.45) is 5.73 Å². The Morgan fingerprint density at radius 2 is 1.18 bits per heavy atom. The third-order valence-electron chi connectivity index (χ3n) is 2.94. The molecule has 0 aromatic heterocycles. The molecule has 18 nitrogen and oxygen atoms in total. The van der Waals surface area contributed by atoms with Gasteiger partial charge in [0, 0.05) is 12.2 Å². The van der Waals surface area contributed by atoms with Crippen molar-refractivity contribution in [3.63, 3.8) is 0 Å². The van der Waals surface area contributed by atoms with Crippen LogP contribution >= 0.6 is 38.3 Å². The van der Waals surface area contributed by atoms with Gasteiger partial charge in [0.15, 0.2) is 5.78 Å². The molecular formula is C5H18N3O15P5. The minimum atomic E-state index is -6.95. The van der Waals surface area contributed by atoms with Gasteiger partial charge in [-0.25, -0.2) is 9.13 Å². The zero-order valence-electron chi connectivity index (χ0n) is 13.3. The highest BCUT2D eigenvalue weighted by molar-refractivity contribution is 7.77. The zero-order chi connectivity index (χ0) is 23.1. The average molecular weight is 515 g/mol. The lowest BCUT2D eigenvalue weighted by molar-refractivity contribution is 0.186. The van der Waals surface area contributed by atoms with Gasteiger partial charge < -0.3 is 60.0 Å². The standard InChI is InChI=1S/C5H18N3O15P5/c1-3(2-6)7-4(24(9,10)11)5(25(12,13)14,26(15,16)17)8(27(18,19)20)28(21,22)23/h4,7H,1-2,6H2,(H2,9,10,11)(H2,12,13,14)(H2,15,16,17)(H2,18,19,20)(H2,21,22,23). The number of hydrogen-bond acceptors (Lipinski definition) is 7. The van der Waals surface area contributed by atoms with Crippen molar-refractivity contribution in [3.05, 3.63) is 12.3 Å². The summed E-state index contributed by atoms with van der Waals surface area (Å²) in [6, 6.07) is 0. The molecule has 0 aromatic carbocycles. The van der Waals surface area contributed by atoms with Gasteiger partial charge in [0.05, 0.1) is 0 Å². The van der Waals surface area contributed by atoms with Crippen LogP contribution in [0.15, 0.2) is 12.3 Å². The van der Waals surface area contributed by atoms with Crippen LogP contribution in [0.2, 0.25) is 0 Å². The topological polar surface area (TPSA) is 329 Å². The summed E-state index contributed by atoms with van der Waals surface area (Å²) in [5.74, 6) is -3.70. The summed E-state index contributed by atoms with van der Waals surface area (Å²) in [6.45, 7) is 2.20. The third kappa shape index (κ3) is 5.67. The van der Waals surface area contributed by atoms with Crippen LogP contribution in [0.5, 0.6) is 0 Å². The zero-order valence-corrected chi connectivity index (χ0v) is 17.7. The van der Waals surface area contributed by atoms with Crippen LogP contribution in [-0.2, 0) is 22.8 Å². The van der Waals surface area contributed by atoms with Crippen molar-refractivity contribution in [3.8, 4) is 0 Å². The second-order valence-corrected chi connectivity index (χ2v) is 13.8. The molecule has 0 rings (SSSR count). The summed E-state index contributed by atoms with van der Waals surface area (Å²) in [4.78, 5) is 93.8. The highest BCUT2D eigenvalue weighted by Gasteiger charge is 2.79. The van der Waals surface area contributed by atoms with Crippen molar-refractivity contribution in [1.82, 2.24) is 9.76 Å². The minimum Gasteiger partial charge on any atom is -0.372 e. The van der Waals surface area contributed by atoms with Crippen LogP contribution in [0.25, 0.3) is 0 Å². The van der Waals surface area contributed by atoms with Gasteiger partial charge in [0.2, 0.25) is 0 Å². The van der Waals surface area contributed by atoms with E-state index in [0.29, 0.717) is 0 Å². The van der Waals surface area contributed by atoms with Crippen molar-refractivity contribution in [2.45, 2.75) is 10.8 Å². The second-order valence-electron chi connectivity index (χ2n) is 5.03. The number of hydrogen-bond donors (Lipinski definition) is 12. The lowest BCUT2D eigenvalue weighted by atomic mass is 10.4. The molecule has 0 aliphatic rings. The van der Waals surface area contributed by atoms with Gasteiger partial charge in [-0.3, -0.25) is 13.7 Å². The maximum atomic E-state index is 12.0.